The lowest BCUT2D eigenvalue weighted by Crippen LogP contribution is -2.54. The van der Waals surface area contributed by atoms with E-state index in [0.29, 0.717) is 47.4 Å². The topological polar surface area (TPSA) is 218 Å². The fourth-order valence-corrected chi connectivity index (χ4v) is 12.0. The van der Waals surface area contributed by atoms with E-state index in [1.807, 2.05) is 38.2 Å². The van der Waals surface area contributed by atoms with E-state index < -0.39 is 41.9 Å². The Morgan fingerprint density at radius 3 is 2.34 bits per heavy atom. The Morgan fingerprint density at radius 2 is 1.63 bits per heavy atom. The van der Waals surface area contributed by atoms with Gasteiger partial charge in [0.1, 0.15) is 30.4 Å². The number of phenolic OH excluding ortho intramolecular Hbond substituents is 1. The molecule has 3 unspecified atom stereocenters. The van der Waals surface area contributed by atoms with Crippen LogP contribution in [0, 0.1) is 5.92 Å². The fourth-order valence-electron chi connectivity index (χ4n) is 12.0. The number of pyridine rings is 1. The number of likely N-dealkylation sites (tertiary alicyclic amines) is 2. The number of rotatable bonds is 18. The maximum absolute atomic E-state index is 14.2. The predicted molar refractivity (Wildman–Crippen MR) is 278 cm³/mol. The minimum Gasteiger partial charge on any atom is -0.507 e. The van der Waals surface area contributed by atoms with Gasteiger partial charge in [-0.15, -0.1) is 10.2 Å². The number of aromatic hydroxyl groups is 1. The average Bonchev–Trinajstić information content (AvgIpc) is 3.71. The summed E-state index contributed by atoms with van der Waals surface area (Å²) in [5, 5.41) is 36.7. The molecule has 18 nitrogen and oxygen atoms in total. The number of carbonyl (C=O) groups excluding carboxylic acids is 2. The number of aliphatic hydroxyl groups excluding tert-OH is 1. The number of nitrogens with zero attached hydrogens (tertiary/aromatic N) is 8. The largest absolute Gasteiger partial charge is 0.507 e. The second kappa shape index (κ2) is 21.4. The van der Waals surface area contributed by atoms with E-state index in [1.54, 1.807) is 49.4 Å². The number of nitrogens with two attached hydrogens (primary N) is 1. The maximum atomic E-state index is 14.2. The number of aromatic nitrogens is 4. The van der Waals surface area contributed by atoms with Gasteiger partial charge in [0.2, 0.25) is 17.7 Å². The number of anilines is 3. The second-order valence-corrected chi connectivity index (χ2v) is 22.0. The zero-order valence-electron chi connectivity index (χ0n) is 43.2. The minimum atomic E-state index is -2.66. The molecule has 6 fully saturated rings. The number of aliphatic hydroxyl groups is 1. The molecule has 5 aromatic rings. The molecule has 6 aliphatic rings. The molecule has 7 heterocycles. The number of nitrogens with one attached hydrogen (secondary N) is 1. The highest BCUT2D eigenvalue weighted by Crippen LogP contribution is 2.55. The molecule has 2 bridgehead atoms. The molecular weight excluding hydrogens is 979 g/mol. The molecule has 404 valence electrons. The van der Waals surface area contributed by atoms with Gasteiger partial charge in [0, 0.05) is 107 Å². The van der Waals surface area contributed by atoms with E-state index in [-0.39, 0.29) is 73.2 Å². The number of benzene rings is 2. The quantitative estimate of drug-likeness (QED) is 0.0706. The van der Waals surface area contributed by atoms with Gasteiger partial charge in [-0.05, 0) is 79.1 Å². The van der Waals surface area contributed by atoms with Crippen molar-refractivity contribution in [1.29, 1.82) is 0 Å². The molecule has 2 saturated carbocycles. The van der Waals surface area contributed by atoms with Crippen molar-refractivity contribution in [3.8, 4) is 28.8 Å². The molecule has 3 aromatic heterocycles. The normalized spacial score (nSPS) is 26.0. The lowest BCUT2D eigenvalue weighted by Gasteiger charge is -2.43. The van der Waals surface area contributed by atoms with E-state index in [4.69, 9.17) is 24.5 Å². The van der Waals surface area contributed by atoms with Crippen molar-refractivity contribution in [3.05, 3.63) is 95.9 Å². The molecule has 76 heavy (non-hydrogen) atoms. The van der Waals surface area contributed by atoms with Crippen LogP contribution in [0.1, 0.15) is 107 Å². The summed E-state index contributed by atoms with van der Waals surface area (Å²) in [4.78, 5) is 41.0. The first-order chi connectivity index (χ1) is 36.6. The average molecular weight is 1050 g/mol. The van der Waals surface area contributed by atoms with Gasteiger partial charge in [0.05, 0.1) is 41.7 Å². The molecule has 2 aliphatic carbocycles. The summed E-state index contributed by atoms with van der Waals surface area (Å²) in [6.07, 6.45) is 6.83. The van der Waals surface area contributed by atoms with Crippen molar-refractivity contribution < 1.29 is 47.3 Å². The lowest BCUT2D eigenvalue weighted by atomic mass is 9.91. The van der Waals surface area contributed by atoms with Gasteiger partial charge in [0.15, 0.2) is 11.6 Å². The van der Waals surface area contributed by atoms with Gasteiger partial charge in [-0.2, -0.15) is 0 Å². The van der Waals surface area contributed by atoms with E-state index in [9.17, 15) is 28.6 Å². The number of piperazine rings is 1. The highest BCUT2D eigenvalue weighted by molar-refractivity contribution is 5.91. The third kappa shape index (κ3) is 11.0. The van der Waals surface area contributed by atoms with Crippen LogP contribution in [0.25, 0.3) is 11.3 Å². The van der Waals surface area contributed by atoms with Crippen molar-refractivity contribution in [3.63, 3.8) is 0 Å². The van der Waals surface area contributed by atoms with Gasteiger partial charge >= 0.3 is 0 Å². The zero-order chi connectivity index (χ0) is 52.8. The molecule has 5 N–H and O–H groups in total. The van der Waals surface area contributed by atoms with Crippen molar-refractivity contribution in [2.45, 2.75) is 138 Å². The Kier molecular flexibility index (Phi) is 14.5. The number of amides is 2. The molecule has 11 rings (SSSR count). The smallest absolute Gasteiger partial charge is 0.255 e. The van der Waals surface area contributed by atoms with Crippen molar-refractivity contribution in [2.75, 3.05) is 61.4 Å². The Labute approximate surface area is 440 Å². The summed E-state index contributed by atoms with van der Waals surface area (Å²) in [6, 6.07) is 20.8. The predicted octanol–water partition coefficient (Wildman–Crippen LogP) is 6.84. The number of hydrogen-bond donors (Lipinski definition) is 4. The van der Waals surface area contributed by atoms with Crippen LogP contribution in [-0.4, -0.2) is 147 Å². The summed E-state index contributed by atoms with van der Waals surface area (Å²) >= 11 is 0. The lowest BCUT2D eigenvalue weighted by molar-refractivity contribution is -0.141. The summed E-state index contributed by atoms with van der Waals surface area (Å²) in [5.41, 5.74) is 10.8. The summed E-state index contributed by atoms with van der Waals surface area (Å²) in [7, 11) is 0. The van der Waals surface area contributed by atoms with E-state index >= 15 is 0 Å². The summed E-state index contributed by atoms with van der Waals surface area (Å²) < 4.78 is 51.8. The first-order valence-corrected chi connectivity index (χ1v) is 27.0. The number of piperidine rings is 1. The third-order valence-electron chi connectivity index (χ3n) is 16.4. The number of hydrogen-bond acceptors (Lipinski definition) is 16. The monoisotopic (exact) mass is 1050 g/mol. The molecule has 20 heteroatoms. The zero-order valence-corrected chi connectivity index (χ0v) is 43.2. The van der Waals surface area contributed by atoms with Crippen molar-refractivity contribution >= 4 is 29.0 Å². The van der Waals surface area contributed by atoms with Crippen LogP contribution in [0.4, 0.5) is 26.0 Å². The first-order valence-electron chi connectivity index (χ1n) is 27.0. The van der Waals surface area contributed by atoms with Crippen LogP contribution < -0.4 is 30.3 Å². The van der Waals surface area contributed by atoms with E-state index in [0.717, 1.165) is 81.6 Å². The number of fused-ring (bicyclic) bond motifs is 2. The molecular formula is C56H68F2N10O8. The van der Waals surface area contributed by atoms with Crippen LogP contribution in [0.15, 0.2) is 83.5 Å². The highest BCUT2D eigenvalue weighted by Gasteiger charge is 2.57. The minimum absolute atomic E-state index is 0.00133. The number of ether oxygens (including phenoxy) is 3. The molecule has 0 radical (unpaired) electrons. The number of para-hydroxylation sites is 1. The van der Waals surface area contributed by atoms with E-state index in [1.165, 1.54) is 4.90 Å². The Balaban J connectivity index is 0.599. The van der Waals surface area contributed by atoms with Crippen LogP contribution >= 0.6 is 0 Å². The standard InChI is InChI=1S/C56H68F2N10O8/c1-32(2)52(55(72)67-31-39(69)23-47(67)54(71)61-33(3)34-8-10-35(11-9-34)44-28-56(44,57)58)49-27-51(64-76-49)73-21-20-65-18-15-40(16-19-65)74-41-24-42(25-41)75-50-22-36(14-17-60-50)68-37-12-13-38(68)30-66(29-37)46-26-45(62-63-53(46)59)43-6-4-5-7-48(43)70/h4-11,14,17,22,26-27,32-33,37-42,44,47,52,69-70H,12-13,15-16,18-21,23-25,28-31H2,1-3H3,(H2,59,63)(H,61,71)/t33-,37?,38?,39+,41?,42?,44?,47-,52+/m0/s1. The molecule has 4 aliphatic heterocycles. The van der Waals surface area contributed by atoms with Gasteiger partial charge < -0.3 is 54.7 Å². The molecule has 2 aromatic carbocycles. The van der Waals surface area contributed by atoms with Crippen LogP contribution in [0.3, 0.4) is 0 Å². The van der Waals surface area contributed by atoms with Crippen LogP contribution in [-0.2, 0) is 14.3 Å². The number of β-amino-alcohol motifs (C(OH)–C–C–N with tert-alkyl or cyclic N) is 1. The summed E-state index contributed by atoms with van der Waals surface area (Å²) in [5.74, 6) is -3.42. The number of halogens is 2. The SMILES string of the molecule is CC(C)[C@@H](C(=O)N1C[C@H](O)C[C@H]1C(=O)N[C@@H](C)c1ccc(C2CC2(F)F)cc1)c1cc(OCCN2CCC(OC3CC(Oc4cc(N5C6CCC5CN(c5cc(-c7ccccc7O)nnc5N)C6)ccn4)C3)CC2)no1. The second-order valence-electron chi connectivity index (χ2n) is 22.0. The van der Waals surface area contributed by atoms with Gasteiger partial charge in [0.25, 0.3) is 11.8 Å². The fraction of sp³-hybridized carbons (Fsp3) is 0.536. The molecule has 4 saturated heterocycles. The van der Waals surface area contributed by atoms with Crippen LogP contribution in [0.5, 0.6) is 17.5 Å². The highest BCUT2D eigenvalue weighted by atomic mass is 19.3. The summed E-state index contributed by atoms with van der Waals surface area (Å²) in [6.45, 7) is 9.95. The van der Waals surface area contributed by atoms with Crippen molar-refractivity contribution in [1.82, 2.24) is 35.5 Å². The van der Waals surface area contributed by atoms with Crippen LogP contribution in [0.2, 0.25) is 0 Å². The van der Waals surface area contributed by atoms with Gasteiger partial charge in [-0.3, -0.25) is 14.5 Å². The molecule has 2 amide bonds. The Morgan fingerprint density at radius 1 is 0.895 bits per heavy atom. The first kappa shape index (κ1) is 51.5. The third-order valence-corrected chi connectivity index (χ3v) is 16.4. The maximum Gasteiger partial charge on any atom is 0.255 e. The van der Waals surface area contributed by atoms with Crippen molar-refractivity contribution in [2.24, 2.45) is 5.92 Å². The number of carbonyl (C=O) groups is 2. The van der Waals surface area contributed by atoms with E-state index in [2.05, 4.69) is 52.5 Å². The number of alkyl halides is 2. The molecule has 7 atom stereocenters. The Hall–Kier alpha value is -6.64. The van der Waals surface area contributed by atoms with Gasteiger partial charge in [-0.1, -0.05) is 50.2 Å². The number of nitrogen functional groups attached to an aromatic ring is 1. The van der Waals surface area contributed by atoms with Gasteiger partial charge in [-0.25, -0.2) is 13.8 Å². The molecule has 0 spiro atoms. The Bertz CT molecular complexity index is 2850. The number of phenols is 1.